The zero-order valence-corrected chi connectivity index (χ0v) is 22.8. The van der Waals surface area contributed by atoms with Gasteiger partial charge in [-0.1, -0.05) is 19.6 Å². The molecule has 4 aromatic rings. The number of halogens is 5. The van der Waals surface area contributed by atoms with Crippen LogP contribution in [0.1, 0.15) is 5.56 Å². The van der Waals surface area contributed by atoms with E-state index in [-0.39, 0.29) is 18.1 Å². The fourth-order valence-electron chi connectivity index (χ4n) is 3.70. The molecular weight excluding hydrogens is 553 g/mol. The standard InChI is InChI=1S/C26H26F5N5O3Si/c1-40(2,3)10-9-38-15-36-14-18(26(29,30)31)22-21(6-8-33-24(22)36)39-23-19(27)11-17(12-20(23)28)35-25(37)34-16-5-4-7-32-13-16/h4-8,11-14H,9-10,15H2,1-3H3,(H2,34,35,37). The first-order chi connectivity index (χ1) is 18.8. The second-order valence-corrected chi connectivity index (χ2v) is 15.7. The van der Waals surface area contributed by atoms with Crippen molar-refractivity contribution in [3.63, 3.8) is 0 Å². The maximum absolute atomic E-state index is 14.9. The van der Waals surface area contributed by atoms with E-state index in [1.54, 1.807) is 12.1 Å². The van der Waals surface area contributed by atoms with Crippen LogP contribution in [0.15, 0.2) is 55.1 Å². The van der Waals surface area contributed by atoms with E-state index in [1.165, 1.54) is 23.2 Å². The summed E-state index contributed by atoms with van der Waals surface area (Å²) in [5, 5.41) is 4.24. The Morgan fingerprint density at radius 3 is 2.38 bits per heavy atom. The molecule has 0 fully saturated rings. The van der Waals surface area contributed by atoms with E-state index < -0.39 is 54.4 Å². The lowest BCUT2D eigenvalue weighted by atomic mass is 10.2. The van der Waals surface area contributed by atoms with Gasteiger partial charge in [0, 0.05) is 51.1 Å². The van der Waals surface area contributed by atoms with Crippen LogP contribution in [-0.2, 0) is 17.6 Å². The SMILES string of the molecule is C[Si](C)(C)CCOCn1cc(C(F)(F)F)c2c(Oc3c(F)cc(NC(=O)Nc4cccnc4)cc3F)ccnc21. The van der Waals surface area contributed by atoms with Gasteiger partial charge in [0.05, 0.1) is 22.8 Å². The number of alkyl halides is 3. The first kappa shape index (κ1) is 29.0. The van der Waals surface area contributed by atoms with Gasteiger partial charge in [0.25, 0.3) is 0 Å². The van der Waals surface area contributed by atoms with Gasteiger partial charge in [-0.3, -0.25) is 4.98 Å². The van der Waals surface area contributed by atoms with Crippen molar-refractivity contribution in [1.82, 2.24) is 14.5 Å². The van der Waals surface area contributed by atoms with Crippen molar-refractivity contribution < 1.29 is 36.2 Å². The summed E-state index contributed by atoms with van der Waals surface area (Å²) in [6, 6.07) is 5.80. The summed E-state index contributed by atoms with van der Waals surface area (Å²) in [4.78, 5) is 20.0. The number of benzene rings is 1. The van der Waals surface area contributed by atoms with Gasteiger partial charge < -0.3 is 24.7 Å². The second-order valence-electron chi connectivity index (χ2n) is 10.1. The maximum atomic E-state index is 14.9. The van der Waals surface area contributed by atoms with E-state index in [2.05, 4.69) is 40.2 Å². The summed E-state index contributed by atoms with van der Waals surface area (Å²) in [6.45, 7) is 6.60. The van der Waals surface area contributed by atoms with Crippen molar-refractivity contribution in [3.8, 4) is 11.5 Å². The van der Waals surface area contributed by atoms with E-state index in [0.29, 0.717) is 12.3 Å². The summed E-state index contributed by atoms with van der Waals surface area (Å²) < 4.78 is 83.8. The van der Waals surface area contributed by atoms with E-state index in [9.17, 15) is 26.7 Å². The van der Waals surface area contributed by atoms with Crippen LogP contribution in [0.25, 0.3) is 11.0 Å². The third-order valence-electron chi connectivity index (χ3n) is 5.64. The number of rotatable bonds is 9. The molecule has 212 valence electrons. The third kappa shape index (κ3) is 7.12. The van der Waals surface area contributed by atoms with Gasteiger partial charge in [-0.2, -0.15) is 13.2 Å². The molecule has 0 bridgehead atoms. The Balaban J connectivity index is 1.59. The van der Waals surface area contributed by atoms with Crippen molar-refractivity contribution in [1.29, 1.82) is 0 Å². The quantitative estimate of drug-likeness (QED) is 0.122. The number of amides is 2. The molecule has 0 saturated carbocycles. The normalized spacial score (nSPS) is 12.0. The fourth-order valence-corrected chi connectivity index (χ4v) is 4.45. The van der Waals surface area contributed by atoms with Gasteiger partial charge in [-0.05, 0) is 24.2 Å². The number of pyridine rings is 2. The lowest BCUT2D eigenvalue weighted by Crippen LogP contribution is -2.22. The molecule has 3 heterocycles. The molecule has 0 aliphatic heterocycles. The molecule has 0 spiro atoms. The Kier molecular flexibility index (Phi) is 8.39. The highest BCUT2D eigenvalue weighted by atomic mass is 28.3. The van der Waals surface area contributed by atoms with Crippen LogP contribution in [0.2, 0.25) is 25.7 Å². The Hall–Kier alpha value is -4.04. The molecule has 14 heteroatoms. The maximum Gasteiger partial charge on any atom is 0.418 e. The van der Waals surface area contributed by atoms with E-state index in [0.717, 1.165) is 30.4 Å². The molecule has 1 aromatic carbocycles. The molecule has 0 atom stereocenters. The van der Waals surface area contributed by atoms with Crippen LogP contribution in [0.4, 0.5) is 38.1 Å². The number of nitrogens with one attached hydrogen (secondary N) is 2. The highest BCUT2D eigenvalue weighted by Gasteiger charge is 2.37. The lowest BCUT2D eigenvalue weighted by Gasteiger charge is -2.15. The minimum absolute atomic E-state index is 0.121. The van der Waals surface area contributed by atoms with E-state index in [4.69, 9.17) is 9.47 Å². The first-order valence-corrected chi connectivity index (χ1v) is 15.8. The Bertz CT molecular complexity index is 1480. The van der Waals surface area contributed by atoms with Crippen LogP contribution < -0.4 is 15.4 Å². The molecule has 40 heavy (non-hydrogen) atoms. The highest BCUT2D eigenvalue weighted by Crippen LogP contribution is 2.42. The van der Waals surface area contributed by atoms with Crippen LogP contribution in [0.3, 0.4) is 0 Å². The van der Waals surface area contributed by atoms with Crippen molar-refractivity contribution in [2.45, 2.75) is 38.6 Å². The minimum atomic E-state index is -4.81. The monoisotopic (exact) mass is 579 g/mol. The predicted octanol–water partition coefficient (Wildman–Crippen LogP) is 7.48. The number of ether oxygens (including phenoxy) is 2. The molecule has 8 nitrogen and oxygen atoms in total. The van der Waals surface area contributed by atoms with Crippen LogP contribution in [-0.4, -0.2) is 35.2 Å². The van der Waals surface area contributed by atoms with Gasteiger partial charge in [-0.25, -0.2) is 18.6 Å². The summed E-state index contributed by atoms with van der Waals surface area (Å²) in [6.07, 6.45) is 0.0637. The smallest absolute Gasteiger partial charge is 0.418 e. The van der Waals surface area contributed by atoms with E-state index >= 15 is 0 Å². The Labute approximate surface area is 227 Å². The Morgan fingerprint density at radius 1 is 1.05 bits per heavy atom. The molecule has 2 N–H and O–H groups in total. The Morgan fingerprint density at radius 2 is 1.75 bits per heavy atom. The molecule has 0 saturated heterocycles. The number of carbonyl (C=O) groups excluding carboxylic acids is 1. The number of nitrogens with zero attached hydrogens (tertiary/aromatic N) is 3. The molecule has 3 aromatic heterocycles. The molecule has 2 amide bonds. The largest absolute Gasteiger partial charge is 0.450 e. The molecule has 0 aliphatic carbocycles. The molecule has 0 aliphatic rings. The molecular formula is C26H26F5N5O3Si. The average molecular weight is 580 g/mol. The topological polar surface area (TPSA) is 90.3 Å². The number of aromatic nitrogens is 3. The zero-order chi connectivity index (χ0) is 29.1. The van der Waals surface area contributed by atoms with Crippen LogP contribution in [0, 0.1) is 11.6 Å². The second kappa shape index (κ2) is 11.6. The summed E-state index contributed by atoms with van der Waals surface area (Å²) in [5.74, 6) is -3.89. The summed E-state index contributed by atoms with van der Waals surface area (Å²) in [5.41, 5.74) is -1.12. The van der Waals surface area contributed by atoms with Crippen molar-refractivity contribution >= 4 is 36.5 Å². The van der Waals surface area contributed by atoms with Crippen LogP contribution in [0.5, 0.6) is 11.5 Å². The first-order valence-electron chi connectivity index (χ1n) is 12.1. The number of urea groups is 1. The number of hydrogen-bond acceptors (Lipinski definition) is 5. The minimum Gasteiger partial charge on any atom is -0.450 e. The highest BCUT2D eigenvalue weighted by molar-refractivity contribution is 6.76. The molecule has 4 rings (SSSR count). The van der Waals surface area contributed by atoms with Crippen molar-refractivity contribution in [2.24, 2.45) is 0 Å². The number of hydrogen-bond donors (Lipinski definition) is 2. The number of fused-ring (bicyclic) bond motifs is 1. The zero-order valence-electron chi connectivity index (χ0n) is 21.8. The van der Waals surface area contributed by atoms with Gasteiger partial charge >= 0.3 is 12.2 Å². The lowest BCUT2D eigenvalue weighted by molar-refractivity contribution is -0.136. The van der Waals surface area contributed by atoms with Gasteiger partial charge in [0.1, 0.15) is 18.1 Å². The average Bonchev–Trinajstić information content (AvgIpc) is 3.24. The van der Waals surface area contributed by atoms with Gasteiger partial charge in [0.2, 0.25) is 0 Å². The number of carbonyl (C=O) groups is 1. The summed E-state index contributed by atoms with van der Waals surface area (Å²) in [7, 11) is -1.42. The molecule has 0 radical (unpaired) electrons. The third-order valence-corrected chi connectivity index (χ3v) is 7.34. The van der Waals surface area contributed by atoms with E-state index in [1.807, 2.05) is 0 Å². The predicted molar refractivity (Wildman–Crippen MR) is 142 cm³/mol. The van der Waals surface area contributed by atoms with Crippen LogP contribution >= 0.6 is 0 Å². The fraction of sp³-hybridized carbons (Fsp3) is 0.269. The molecule has 0 unspecified atom stereocenters. The van der Waals surface area contributed by atoms with Crippen molar-refractivity contribution in [3.05, 3.63) is 72.3 Å². The summed E-state index contributed by atoms with van der Waals surface area (Å²) >= 11 is 0. The van der Waals surface area contributed by atoms with Crippen molar-refractivity contribution in [2.75, 3.05) is 17.2 Å². The number of anilines is 2. The van der Waals surface area contributed by atoms with Gasteiger partial charge in [-0.15, -0.1) is 0 Å². The van der Waals surface area contributed by atoms with Gasteiger partial charge in [0.15, 0.2) is 17.4 Å².